The van der Waals surface area contributed by atoms with Crippen molar-refractivity contribution in [2.45, 2.75) is 44.6 Å². The number of hydrogen-bond donors (Lipinski definition) is 0. The Kier molecular flexibility index (Phi) is 4.12. The Morgan fingerprint density at radius 3 is 2.53 bits per heavy atom. The van der Waals surface area contributed by atoms with E-state index < -0.39 is 5.54 Å². The van der Waals surface area contributed by atoms with Crippen LogP contribution in [0, 0.1) is 0 Å². The standard InChI is InChI=1S/C15H18BrNO2/c1-10(2)11-7-12(14(16)13(8-11)19-3)15(17-9-18)5-4-6-15/h7-8,10H,4-6H2,1-3H3. The van der Waals surface area contributed by atoms with Gasteiger partial charge in [-0.2, -0.15) is 4.99 Å². The fourth-order valence-electron chi connectivity index (χ4n) is 2.48. The van der Waals surface area contributed by atoms with E-state index in [2.05, 4.69) is 40.8 Å². The van der Waals surface area contributed by atoms with Crippen LogP contribution in [0.15, 0.2) is 21.6 Å². The minimum Gasteiger partial charge on any atom is -0.496 e. The Morgan fingerprint density at radius 2 is 2.11 bits per heavy atom. The lowest BCUT2D eigenvalue weighted by atomic mass is 9.71. The van der Waals surface area contributed by atoms with Crippen molar-refractivity contribution >= 4 is 22.0 Å². The Hall–Kier alpha value is -1.12. The smallest absolute Gasteiger partial charge is 0.235 e. The molecule has 2 rings (SSSR count). The fraction of sp³-hybridized carbons (Fsp3) is 0.533. The zero-order chi connectivity index (χ0) is 14.0. The number of ether oxygens (including phenoxy) is 1. The van der Waals surface area contributed by atoms with Gasteiger partial charge in [-0.25, -0.2) is 4.79 Å². The number of nitrogens with zero attached hydrogens (tertiary/aromatic N) is 1. The number of benzene rings is 1. The maximum atomic E-state index is 10.7. The Morgan fingerprint density at radius 1 is 1.42 bits per heavy atom. The van der Waals surface area contributed by atoms with Gasteiger partial charge in [-0.05, 0) is 58.3 Å². The summed E-state index contributed by atoms with van der Waals surface area (Å²) in [5.41, 5.74) is 1.84. The van der Waals surface area contributed by atoms with E-state index in [4.69, 9.17) is 4.74 Å². The molecule has 4 heteroatoms. The molecule has 3 nitrogen and oxygen atoms in total. The highest BCUT2D eigenvalue weighted by atomic mass is 79.9. The molecule has 19 heavy (non-hydrogen) atoms. The van der Waals surface area contributed by atoms with Gasteiger partial charge in [0, 0.05) is 0 Å². The molecule has 1 aromatic carbocycles. The van der Waals surface area contributed by atoms with Crippen LogP contribution in [0.4, 0.5) is 0 Å². The SMILES string of the molecule is COc1cc(C(C)C)cc(C2(N=C=O)CCC2)c1Br. The van der Waals surface area contributed by atoms with Crippen molar-refractivity contribution in [3.8, 4) is 5.75 Å². The summed E-state index contributed by atoms with van der Waals surface area (Å²) in [6.07, 6.45) is 4.61. The van der Waals surface area contributed by atoms with Gasteiger partial charge in [0.1, 0.15) is 5.75 Å². The quantitative estimate of drug-likeness (QED) is 0.612. The monoisotopic (exact) mass is 323 g/mol. The zero-order valence-electron chi connectivity index (χ0n) is 11.5. The molecule has 0 saturated heterocycles. The van der Waals surface area contributed by atoms with Gasteiger partial charge in [0.25, 0.3) is 0 Å². The van der Waals surface area contributed by atoms with Gasteiger partial charge in [0.05, 0.1) is 17.1 Å². The third kappa shape index (κ3) is 2.47. The summed E-state index contributed by atoms with van der Waals surface area (Å²) >= 11 is 3.59. The van der Waals surface area contributed by atoms with E-state index in [9.17, 15) is 4.79 Å². The summed E-state index contributed by atoms with van der Waals surface area (Å²) in [4.78, 5) is 14.8. The van der Waals surface area contributed by atoms with Crippen LogP contribution in [0.2, 0.25) is 0 Å². The molecule has 1 aliphatic carbocycles. The number of carbonyl (C=O) groups excluding carboxylic acids is 1. The second-order valence-electron chi connectivity index (χ2n) is 5.33. The highest BCUT2D eigenvalue weighted by Crippen LogP contribution is 2.49. The molecule has 0 amide bonds. The predicted molar refractivity (Wildman–Crippen MR) is 78.4 cm³/mol. The van der Waals surface area contributed by atoms with E-state index in [-0.39, 0.29) is 0 Å². The highest BCUT2D eigenvalue weighted by molar-refractivity contribution is 9.10. The van der Waals surface area contributed by atoms with Gasteiger partial charge in [0.15, 0.2) is 0 Å². The molecule has 102 valence electrons. The van der Waals surface area contributed by atoms with E-state index in [0.717, 1.165) is 35.0 Å². The average molecular weight is 324 g/mol. The third-order valence-electron chi connectivity index (χ3n) is 3.89. The van der Waals surface area contributed by atoms with Gasteiger partial charge >= 0.3 is 0 Å². The first-order valence-electron chi connectivity index (χ1n) is 6.51. The summed E-state index contributed by atoms with van der Waals surface area (Å²) < 4.78 is 6.33. The third-order valence-corrected chi connectivity index (χ3v) is 4.71. The molecule has 0 radical (unpaired) electrons. The maximum Gasteiger partial charge on any atom is 0.235 e. The van der Waals surface area contributed by atoms with E-state index >= 15 is 0 Å². The van der Waals surface area contributed by atoms with E-state index in [1.807, 2.05) is 6.07 Å². The predicted octanol–water partition coefficient (Wildman–Crippen LogP) is 4.30. The summed E-state index contributed by atoms with van der Waals surface area (Å²) in [6.45, 7) is 4.28. The van der Waals surface area contributed by atoms with Crippen molar-refractivity contribution in [1.82, 2.24) is 0 Å². The van der Waals surface area contributed by atoms with Crippen LogP contribution < -0.4 is 4.74 Å². The Bertz CT molecular complexity index is 529. The Labute approximate surface area is 122 Å². The normalized spacial score (nSPS) is 16.7. The number of methoxy groups -OCH3 is 1. The molecule has 0 bridgehead atoms. The van der Waals surface area contributed by atoms with Crippen molar-refractivity contribution in [2.75, 3.05) is 7.11 Å². The van der Waals surface area contributed by atoms with Crippen LogP contribution in [0.25, 0.3) is 0 Å². The molecule has 0 N–H and O–H groups in total. The summed E-state index contributed by atoms with van der Waals surface area (Å²) in [5, 5.41) is 0. The van der Waals surface area contributed by atoms with Gasteiger partial charge in [-0.1, -0.05) is 19.9 Å². The lowest BCUT2D eigenvalue weighted by molar-refractivity contribution is 0.253. The maximum absolute atomic E-state index is 10.7. The summed E-state index contributed by atoms with van der Waals surface area (Å²) in [5.74, 6) is 1.20. The number of isocyanates is 1. The van der Waals surface area contributed by atoms with Crippen LogP contribution in [0.5, 0.6) is 5.75 Å². The Balaban J connectivity index is 2.61. The van der Waals surface area contributed by atoms with Gasteiger partial charge in [0.2, 0.25) is 6.08 Å². The molecule has 0 aliphatic heterocycles. The van der Waals surface area contributed by atoms with E-state index in [1.54, 1.807) is 13.2 Å². The van der Waals surface area contributed by atoms with Crippen LogP contribution in [-0.2, 0) is 10.3 Å². The second kappa shape index (κ2) is 5.48. The lowest BCUT2D eigenvalue weighted by Gasteiger charge is -2.38. The van der Waals surface area contributed by atoms with Crippen molar-refractivity contribution < 1.29 is 9.53 Å². The molecule has 1 aliphatic rings. The lowest BCUT2D eigenvalue weighted by Crippen LogP contribution is -2.32. The first-order chi connectivity index (χ1) is 9.04. The highest BCUT2D eigenvalue weighted by Gasteiger charge is 2.41. The molecular formula is C15H18BrNO2. The number of aliphatic imine (C=N–C) groups is 1. The minimum absolute atomic E-state index is 0.401. The van der Waals surface area contributed by atoms with Crippen molar-refractivity contribution in [3.05, 3.63) is 27.7 Å². The molecule has 1 saturated carbocycles. The molecule has 0 unspecified atom stereocenters. The molecule has 1 fully saturated rings. The number of hydrogen-bond acceptors (Lipinski definition) is 3. The molecular weight excluding hydrogens is 306 g/mol. The fourth-order valence-corrected chi connectivity index (χ4v) is 3.24. The summed E-state index contributed by atoms with van der Waals surface area (Å²) in [6, 6.07) is 4.17. The second-order valence-corrected chi connectivity index (χ2v) is 6.12. The average Bonchev–Trinajstić information content (AvgIpc) is 2.34. The van der Waals surface area contributed by atoms with E-state index in [1.165, 1.54) is 5.56 Å². The van der Waals surface area contributed by atoms with Gasteiger partial charge in [-0.15, -0.1) is 0 Å². The molecule has 1 aromatic rings. The van der Waals surface area contributed by atoms with Gasteiger partial charge in [-0.3, -0.25) is 0 Å². The van der Waals surface area contributed by atoms with Crippen LogP contribution >= 0.6 is 15.9 Å². The molecule has 0 spiro atoms. The topological polar surface area (TPSA) is 38.7 Å². The van der Waals surface area contributed by atoms with E-state index in [0.29, 0.717) is 5.92 Å². The first kappa shape index (κ1) is 14.3. The van der Waals surface area contributed by atoms with Crippen LogP contribution in [0.3, 0.4) is 0 Å². The van der Waals surface area contributed by atoms with Gasteiger partial charge < -0.3 is 4.74 Å². The minimum atomic E-state index is -0.404. The van der Waals surface area contributed by atoms with Crippen molar-refractivity contribution in [2.24, 2.45) is 4.99 Å². The van der Waals surface area contributed by atoms with Crippen molar-refractivity contribution in [3.63, 3.8) is 0 Å². The molecule has 0 atom stereocenters. The zero-order valence-corrected chi connectivity index (χ0v) is 13.1. The largest absolute Gasteiger partial charge is 0.496 e. The molecule has 0 aromatic heterocycles. The van der Waals surface area contributed by atoms with Crippen molar-refractivity contribution in [1.29, 1.82) is 0 Å². The number of rotatable bonds is 4. The van der Waals surface area contributed by atoms with Crippen LogP contribution in [0.1, 0.15) is 50.2 Å². The molecule has 0 heterocycles. The summed E-state index contributed by atoms with van der Waals surface area (Å²) in [7, 11) is 1.66. The van der Waals surface area contributed by atoms with Crippen LogP contribution in [-0.4, -0.2) is 13.2 Å². The number of halogens is 1. The first-order valence-corrected chi connectivity index (χ1v) is 7.30.